The lowest BCUT2D eigenvalue weighted by atomic mass is 10.0. The first kappa shape index (κ1) is 34.3. The molecule has 0 saturated heterocycles. The smallest absolute Gasteiger partial charge is 0.371 e. The van der Waals surface area contributed by atoms with Crippen molar-refractivity contribution in [3.63, 3.8) is 0 Å². The lowest BCUT2D eigenvalue weighted by molar-refractivity contribution is 0.107. The van der Waals surface area contributed by atoms with Gasteiger partial charge in [-0.1, -0.05) is 84.1 Å². The molecule has 0 spiro atoms. The molecule has 0 aliphatic heterocycles. The van der Waals surface area contributed by atoms with Gasteiger partial charge in [-0.15, -0.1) is 0 Å². The summed E-state index contributed by atoms with van der Waals surface area (Å²) < 4.78 is 15.5. The maximum Gasteiger partial charge on any atom is 0.577 e. The van der Waals surface area contributed by atoms with Crippen LogP contribution in [0.15, 0.2) is 0 Å². The van der Waals surface area contributed by atoms with Crippen LogP contribution in [0.3, 0.4) is 0 Å². The maximum absolute atomic E-state index is 9.09. The average Bonchev–Trinajstić information content (AvgIpc) is 2.57. The van der Waals surface area contributed by atoms with Crippen molar-refractivity contribution in [2.24, 2.45) is 11.5 Å². The highest BCUT2D eigenvalue weighted by Crippen LogP contribution is 2.15. The van der Waals surface area contributed by atoms with Gasteiger partial charge in [0.1, 0.15) is 0 Å². The molecule has 0 bridgehead atoms. The summed E-state index contributed by atoms with van der Waals surface area (Å²) in [7, 11) is -1.40. The Balaban J connectivity index is -0.000000133. The van der Waals surface area contributed by atoms with E-state index in [-0.39, 0.29) is 0 Å². The van der Waals surface area contributed by atoms with Gasteiger partial charge in [0.25, 0.3) is 10.5 Å². The van der Waals surface area contributed by atoms with Gasteiger partial charge in [-0.2, -0.15) is 0 Å². The zero-order valence-electron chi connectivity index (χ0n) is 17.7. The van der Waals surface area contributed by atoms with Crippen LogP contribution in [0.4, 0.5) is 9.59 Å². The van der Waals surface area contributed by atoms with Crippen LogP contribution in [-0.2, 0) is 13.3 Å². The van der Waals surface area contributed by atoms with Gasteiger partial charge >= 0.3 is 9.53 Å². The third-order valence-corrected chi connectivity index (χ3v) is 3.86. The second kappa shape index (κ2) is 33.3. The van der Waals surface area contributed by atoms with Gasteiger partial charge in [0.2, 0.25) is 0 Å². The largest absolute Gasteiger partial charge is 0.577 e. The van der Waals surface area contributed by atoms with E-state index in [2.05, 4.69) is 50.6 Å². The fourth-order valence-electron chi connectivity index (χ4n) is 1.54. The van der Waals surface area contributed by atoms with Gasteiger partial charge in [-0.3, -0.25) is 9.59 Å². The van der Waals surface area contributed by atoms with Crippen molar-refractivity contribution in [2.45, 2.75) is 79.6 Å². The Morgan fingerprint density at radius 3 is 0.963 bits per heavy atom. The Bertz CT molecular complexity index is 255. The van der Waals surface area contributed by atoms with Crippen molar-refractivity contribution in [3.05, 3.63) is 0 Å². The van der Waals surface area contributed by atoms with E-state index >= 15 is 0 Å². The van der Waals surface area contributed by atoms with Crippen LogP contribution in [-0.4, -0.2) is 39.8 Å². The van der Waals surface area contributed by atoms with Crippen LogP contribution in [0.2, 0.25) is 0 Å². The minimum atomic E-state index is -1.40. The van der Waals surface area contributed by atoms with Crippen LogP contribution in [0, 0.1) is 0 Å². The summed E-state index contributed by atoms with van der Waals surface area (Å²) in [5.74, 6) is 0. The Kier molecular flexibility index (Phi) is 42.3. The fourth-order valence-corrected chi connectivity index (χ4v) is 2.50. The summed E-state index contributed by atoms with van der Waals surface area (Å²) in [6.07, 6.45) is 10.2. The van der Waals surface area contributed by atoms with Crippen LogP contribution in [0.25, 0.3) is 0 Å². The highest BCUT2D eigenvalue weighted by molar-refractivity contribution is 7.96. The van der Waals surface area contributed by atoms with E-state index in [1.54, 1.807) is 0 Å². The number of primary amides is 2. The number of carbonyl (C=O) groups is 2. The van der Waals surface area contributed by atoms with E-state index in [1.807, 2.05) is 20.8 Å². The van der Waals surface area contributed by atoms with Crippen molar-refractivity contribution in [1.82, 2.24) is 0 Å². The molecule has 0 aromatic heterocycles. The average molecular weight is 446 g/mol. The number of rotatable bonds is 6. The zero-order chi connectivity index (χ0) is 21.9. The molecular weight excluding hydrogens is 404 g/mol. The molecule has 0 aromatic rings. The van der Waals surface area contributed by atoms with Crippen molar-refractivity contribution in [1.29, 1.82) is 0 Å². The molecule has 1 saturated carbocycles. The van der Waals surface area contributed by atoms with E-state index in [0.29, 0.717) is 19.8 Å². The van der Waals surface area contributed by atoms with Crippen LogP contribution in [0.1, 0.15) is 79.6 Å². The molecule has 165 valence electrons. The van der Waals surface area contributed by atoms with E-state index in [9.17, 15) is 0 Å². The molecule has 1 radical (unpaired) electrons. The maximum atomic E-state index is 9.09. The standard InChI is InChI=1S/C6H15O3Si.C6H12.C3H8.2CH3NOS/c1-4-7-10(8-5-2)9-6-3;1-2-4-6-5-3-1;1-3-2;2*2-1(3)4/h4-6H2,1-3H3;1-6H2;3H2,1-2H3;2*(H3,2,3,4). The van der Waals surface area contributed by atoms with Gasteiger partial charge in [-0.25, -0.2) is 0 Å². The number of hydrogen-bond acceptors (Lipinski definition) is 5. The SMILES string of the molecule is C1CCCCC1.CCC.CCO[Si](OCC)OCC.NC(=O)S.NC(=O)S. The lowest BCUT2D eigenvalue weighted by Gasteiger charge is -2.10. The molecule has 0 heterocycles. The normalized spacial score (nSPS) is 11.9. The third-order valence-electron chi connectivity index (χ3n) is 2.29. The van der Waals surface area contributed by atoms with Gasteiger partial charge in [0, 0.05) is 19.8 Å². The number of hydrogen-bond donors (Lipinski definition) is 4. The van der Waals surface area contributed by atoms with Gasteiger partial charge in [0.05, 0.1) is 0 Å². The molecule has 4 N–H and O–H groups in total. The molecule has 27 heavy (non-hydrogen) atoms. The first-order valence-corrected chi connectivity index (χ1v) is 11.6. The zero-order valence-corrected chi connectivity index (χ0v) is 20.5. The minimum absolute atomic E-state index is 0.639. The topological polar surface area (TPSA) is 114 Å². The number of nitrogens with two attached hydrogens (primary N) is 2. The number of amides is 2. The predicted octanol–water partition coefficient (Wildman–Crippen LogP) is 4.83. The van der Waals surface area contributed by atoms with E-state index in [1.165, 1.54) is 44.9 Å². The third kappa shape index (κ3) is 66.8. The molecule has 1 aliphatic carbocycles. The van der Waals surface area contributed by atoms with Crippen LogP contribution < -0.4 is 11.5 Å². The highest BCUT2D eigenvalue weighted by Gasteiger charge is 2.15. The van der Waals surface area contributed by atoms with E-state index in [0.717, 1.165) is 0 Å². The second-order valence-electron chi connectivity index (χ2n) is 5.05. The molecule has 1 fully saturated rings. The monoisotopic (exact) mass is 445 g/mol. The Morgan fingerprint density at radius 2 is 0.852 bits per heavy atom. The fraction of sp³-hybridized carbons (Fsp3) is 0.882. The molecule has 7 nitrogen and oxygen atoms in total. The Hall–Kier alpha value is -0.263. The molecule has 1 rings (SSSR count). The predicted molar refractivity (Wildman–Crippen MR) is 121 cm³/mol. The molecule has 0 unspecified atom stereocenters. The lowest BCUT2D eigenvalue weighted by Crippen LogP contribution is -2.27. The van der Waals surface area contributed by atoms with Crippen LogP contribution in [0.5, 0.6) is 0 Å². The summed E-state index contributed by atoms with van der Waals surface area (Å²) >= 11 is 6.21. The van der Waals surface area contributed by atoms with Crippen molar-refractivity contribution in [3.8, 4) is 0 Å². The summed E-state index contributed by atoms with van der Waals surface area (Å²) in [5, 5.41) is -1.28. The van der Waals surface area contributed by atoms with E-state index in [4.69, 9.17) is 22.9 Å². The summed E-state index contributed by atoms with van der Waals surface area (Å²) in [5.41, 5.74) is 8.67. The second-order valence-corrected chi connectivity index (χ2v) is 7.30. The number of carbonyl (C=O) groups excluding carboxylic acids is 2. The summed E-state index contributed by atoms with van der Waals surface area (Å²) in [4.78, 5) is 18.2. The minimum Gasteiger partial charge on any atom is -0.371 e. The highest BCUT2D eigenvalue weighted by atomic mass is 32.1. The first-order valence-electron chi connectivity index (χ1n) is 9.45. The quantitative estimate of drug-likeness (QED) is 0.345. The first-order chi connectivity index (χ1) is 12.7. The Labute approximate surface area is 179 Å². The van der Waals surface area contributed by atoms with Crippen molar-refractivity contribution >= 4 is 45.3 Å². The van der Waals surface area contributed by atoms with Crippen molar-refractivity contribution < 1.29 is 22.9 Å². The number of thiol groups is 2. The Morgan fingerprint density at radius 1 is 0.704 bits per heavy atom. The summed E-state index contributed by atoms with van der Waals surface area (Å²) in [6, 6.07) is 0. The molecule has 0 atom stereocenters. The molecule has 1 aliphatic rings. The van der Waals surface area contributed by atoms with E-state index < -0.39 is 20.0 Å². The molecule has 2 amide bonds. The van der Waals surface area contributed by atoms with Gasteiger partial charge in [-0.05, 0) is 20.8 Å². The molecule has 10 heteroatoms. The molecular formula is C17H41N2O5S2Si. The van der Waals surface area contributed by atoms with Gasteiger partial charge in [0.15, 0.2) is 0 Å². The van der Waals surface area contributed by atoms with Gasteiger partial charge < -0.3 is 24.7 Å². The van der Waals surface area contributed by atoms with Crippen molar-refractivity contribution in [2.75, 3.05) is 19.8 Å². The summed E-state index contributed by atoms with van der Waals surface area (Å²) in [6.45, 7) is 12.0. The van der Waals surface area contributed by atoms with Crippen LogP contribution >= 0.6 is 25.3 Å². The molecule has 0 aromatic carbocycles.